The molecule has 14 heavy (non-hydrogen) atoms. The van der Waals surface area contributed by atoms with E-state index in [9.17, 15) is 0 Å². The number of aryl methyl sites for hydroxylation is 1. The fraction of sp³-hybridized carbons (Fsp3) is 0.167. The van der Waals surface area contributed by atoms with Crippen LogP contribution >= 0.6 is 22.9 Å². The topological polar surface area (TPSA) is 0 Å². The summed E-state index contributed by atoms with van der Waals surface area (Å²) < 4.78 is 0. The van der Waals surface area contributed by atoms with E-state index in [1.165, 1.54) is 22.3 Å². The predicted octanol–water partition coefficient (Wildman–Crippen LogP) is 4.46. The van der Waals surface area contributed by atoms with E-state index in [2.05, 4.69) is 41.9 Å². The molecule has 1 aromatic heterocycles. The zero-order valence-corrected chi connectivity index (χ0v) is 9.53. The average Bonchev–Trinajstić information content (AvgIpc) is 2.67. The lowest BCUT2D eigenvalue weighted by Crippen LogP contribution is -1.80. The van der Waals surface area contributed by atoms with Gasteiger partial charge in [0.15, 0.2) is 0 Å². The highest BCUT2D eigenvalue weighted by molar-refractivity contribution is 7.08. The van der Waals surface area contributed by atoms with Gasteiger partial charge in [0.25, 0.3) is 0 Å². The zero-order valence-electron chi connectivity index (χ0n) is 7.96. The third kappa shape index (κ3) is 1.84. The molecule has 2 aromatic rings. The van der Waals surface area contributed by atoms with Crippen LogP contribution in [0.1, 0.15) is 11.1 Å². The fourth-order valence-electron chi connectivity index (χ4n) is 1.41. The van der Waals surface area contributed by atoms with Crippen LogP contribution < -0.4 is 0 Å². The van der Waals surface area contributed by atoms with Gasteiger partial charge in [-0.3, -0.25) is 0 Å². The van der Waals surface area contributed by atoms with Crippen molar-refractivity contribution in [1.82, 2.24) is 0 Å². The van der Waals surface area contributed by atoms with Gasteiger partial charge in [0.1, 0.15) is 0 Å². The Morgan fingerprint density at radius 1 is 1.14 bits per heavy atom. The predicted molar refractivity (Wildman–Crippen MR) is 64.0 cm³/mol. The molecule has 0 spiro atoms. The summed E-state index contributed by atoms with van der Waals surface area (Å²) >= 11 is 7.57. The number of rotatable bonds is 2. The first kappa shape index (κ1) is 9.75. The summed E-state index contributed by atoms with van der Waals surface area (Å²) in [4.78, 5) is 0. The van der Waals surface area contributed by atoms with Crippen molar-refractivity contribution in [3.8, 4) is 11.1 Å². The third-order valence-electron chi connectivity index (χ3n) is 2.25. The fourth-order valence-corrected chi connectivity index (χ4v) is 2.59. The maximum Gasteiger partial charge on any atom is 0.0488 e. The number of benzene rings is 1. The second kappa shape index (κ2) is 4.16. The monoisotopic (exact) mass is 222 g/mol. The summed E-state index contributed by atoms with van der Waals surface area (Å²) in [5.74, 6) is 0.590. The minimum absolute atomic E-state index is 0.590. The normalized spacial score (nSPS) is 10.4. The van der Waals surface area contributed by atoms with E-state index in [1.54, 1.807) is 11.3 Å². The highest BCUT2D eigenvalue weighted by Gasteiger charge is 2.04. The summed E-state index contributed by atoms with van der Waals surface area (Å²) in [7, 11) is 0. The minimum Gasteiger partial charge on any atom is -0.151 e. The van der Waals surface area contributed by atoms with Gasteiger partial charge in [-0.15, -0.1) is 11.6 Å². The molecule has 2 rings (SSSR count). The summed E-state index contributed by atoms with van der Waals surface area (Å²) in [5.41, 5.74) is 5.04. The van der Waals surface area contributed by atoms with Crippen LogP contribution in [0.25, 0.3) is 11.1 Å². The lowest BCUT2D eigenvalue weighted by atomic mass is 10.0. The van der Waals surface area contributed by atoms with Crippen LogP contribution in [0.2, 0.25) is 0 Å². The molecule has 0 aliphatic carbocycles. The Morgan fingerprint density at radius 3 is 2.50 bits per heavy atom. The van der Waals surface area contributed by atoms with E-state index >= 15 is 0 Å². The maximum absolute atomic E-state index is 5.86. The summed E-state index contributed by atoms with van der Waals surface area (Å²) in [6.07, 6.45) is 0. The Morgan fingerprint density at radius 2 is 1.86 bits per heavy atom. The number of halogens is 1. The van der Waals surface area contributed by atoms with Gasteiger partial charge in [-0.2, -0.15) is 11.3 Å². The van der Waals surface area contributed by atoms with Crippen LogP contribution in [0.4, 0.5) is 0 Å². The third-order valence-corrected chi connectivity index (χ3v) is 3.33. The molecule has 72 valence electrons. The summed E-state index contributed by atoms with van der Waals surface area (Å²) in [6, 6.07) is 8.55. The number of thiophene rings is 1. The van der Waals surface area contributed by atoms with Crippen molar-refractivity contribution < 1.29 is 0 Å². The van der Waals surface area contributed by atoms with Crippen LogP contribution in [-0.2, 0) is 5.88 Å². The van der Waals surface area contributed by atoms with Gasteiger partial charge in [0.2, 0.25) is 0 Å². The first-order valence-corrected chi connectivity index (χ1v) is 5.97. The Bertz CT molecular complexity index is 414. The molecule has 0 amide bonds. The van der Waals surface area contributed by atoms with Crippen molar-refractivity contribution in [2.24, 2.45) is 0 Å². The smallest absolute Gasteiger partial charge is 0.0488 e. The molecule has 0 saturated heterocycles. The quantitative estimate of drug-likeness (QED) is 0.658. The van der Waals surface area contributed by atoms with Crippen LogP contribution in [0, 0.1) is 6.92 Å². The molecule has 0 aliphatic heterocycles. The lowest BCUT2D eigenvalue weighted by Gasteiger charge is -2.01. The molecule has 0 saturated carbocycles. The van der Waals surface area contributed by atoms with Crippen molar-refractivity contribution in [3.63, 3.8) is 0 Å². The molecule has 0 radical (unpaired) electrons. The van der Waals surface area contributed by atoms with Gasteiger partial charge in [0, 0.05) is 5.88 Å². The minimum atomic E-state index is 0.590. The molecule has 0 fully saturated rings. The SMILES string of the molecule is Cc1ccc(-c2cscc2CCl)cc1. The Balaban J connectivity index is 2.44. The summed E-state index contributed by atoms with van der Waals surface area (Å²) in [6.45, 7) is 2.10. The van der Waals surface area contributed by atoms with Gasteiger partial charge >= 0.3 is 0 Å². The molecule has 0 N–H and O–H groups in total. The molecule has 0 aliphatic rings. The van der Waals surface area contributed by atoms with Gasteiger partial charge in [-0.25, -0.2) is 0 Å². The van der Waals surface area contributed by atoms with Crippen LogP contribution in [0.3, 0.4) is 0 Å². The van der Waals surface area contributed by atoms with Crippen molar-refractivity contribution in [2.45, 2.75) is 12.8 Å². The standard InChI is InChI=1S/C12H11ClS/c1-9-2-4-10(5-3-9)12-8-14-7-11(12)6-13/h2-5,7-8H,6H2,1H3. The molecule has 1 aromatic carbocycles. The number of alkyl halides is 1. The first-order valence-electron chi connectivity index (χ1n) is 4.49. The molecular weight excluding hydrogens is 212 g/mol. The van der Waals surface area contributed by atoms with Crippen LogP contribution in [0.5, 0.6) is 0 Å². The molecule has 0 atom stereocenters. The Hall–Kier alpha value is -0.790. The van der Waals surface area contributed by atoms with Crippen molar-refractivity contribution in [3.05, 3.63) is 46.2 Å². The van der Waals surface area contributed by atoms with Crippen molar-refractivity contribution in [1.29, 1.82) is 0 Å². The maximum atomic E-state index is 5.86. The van der Waals surface area contributed by atoms with Gasteiger partial charge in [0.05, 0.1) is 0 Å². The Labute approximate surface area is 93.2 Å². The first-order chi connectivity index (χ1) is 6.81. The molecular formula is C12H11ClS. The van der Waals surface area contributed by atoms with E-state index in [4.69, 9.17) is 11.6 Å². The van der Waals surface area contributed by atoms with Gasteiger partial charge < -0.3 is 0 Å². The van der Waals surface area contributed by atoms with Gasteiger partial charge in [-0.1, -0.05) is 29.8 Å². The van der Waals surface area contributed by atoms with E-state index < -0.39 is 0 Å². The van der Waals surface area contributed by atoms with Crippen molar-refractivity contribution in [2.75, 3.05) is 0 Å². The van der Waals surface area contributed by atoms with Crippen LogP contribution in [0.15, 0.2) is 35.0 Å². The average molecular weight is 223 g/mol. The van der Waals surface area contributed by atoms with Crippen molar-refractivity contribution >= 4 is 22.9 Å². The van der Waals surface area contributed by atoms with Crippen LogP contribution in [-0.4, -0.2) is 0 Å². The van der Waals surface area contributed by atoms with Gasteiger partial charge in [-0.05, 0) is 34.4 Å². The molecule has 0 unspecified atom stereocenters. The van der Waals surface area contributed by atoms with E-state index in [-0.39, 0.29) is 0 Å². The molecule has 1 heterocycles. The number of hydrogen-bond donors (Lipinski definition) is 0. The Kier molecular flexibility index (Phi) is 2.90. The second-order valence-corrected chi connectivity index (χ2v) is 4.32. The largest absolute Gasteiger partial charge is 0.151 e. The zero-order chi connectivity index (χ0) is 9.97. The second-order valence-electron chi connectivity index (χ2n) is 3.31. The van der Waals surface area contributed by atoms with E-state index in [0.29, 0.717) is 5.88 Å². The van der Waals surface area contributed by atoms with E-state index in [1.807, 2.05) is 0 Å². The highest BCUT2D eigenvalue weighted by Crippen LogP contribution is 2.28. The highest BCUT2D eigenvalue weighted by atomic mass is 35.5. The molecule has 2 heteroatoms. The van der Waals surface area contributed by atoms with E-state index in [0.717, 1.165) is 0 Å². The number of hydrogen-bond acceptors (Lipinski definition) is 1. The molecule has 0 nitrogen and oxygen atoms in total. The molecule has 0 bridgehead atoms. The lowest BCUT2D eigenvalue weighted by molar-refractivity contribution is 1.43. The summed E-state index contributed by atoms with van der Waals surface area (Å²) in [5, 5.41) is 4.27.